The molecule has 0 radical (unpaired) electrons. The molecule has 2 rings (SSSR count). The lowest BCUT2D eigenvalue weighted by Gasteiger charge is -2.24. The van der Waals surface area contributed by atoms with Gasteiger partial charge in [0.15, 0.2) is 5.82 Å². The summed E-state index contributed by atoms with van der Waals surface area (Å²) < 4.78 is 4.94. The molecule has 0 unspecified atom stereocenters. The first kappa shape index (κ1) is 9.61. The first-order valence-electron chi connectivity index (χ1n) is 5.12. The van der Waals surface area contributed by atoms with Gasteiger partial charge < -0.3 is 10.3 Å². The summed E-state index contributed by atoms with van der Waals surface area (Å²) in [6, 6.07) is 0. The monoisotopic (exact) mass is 196 g/mol. The van der Waals surface area contributed by atoms with Gasteiger partial charge in [0.1, 0.15) is 0 Å². The number of nitrogens with zero attached hydrogens (tertiary/aromatic N) is 3. The molecule has 1 aromatic heterocycles. The molecular weight excluding hydrogens is 180 g/mol. The smallest absolute Gasteiger partial charge is 0.240 e. The normalized spacial score (nSPS) is 18.6. The van der Waals surface area contributed by atoms with E-state index in [9.17, 15) is 0 Å². The molecular formula is C9H16N4O. The number of nitrogens with two attached hydrogens (primary N) is 1. The second-order valence-corrected chi connectivity index (χ2v) is 3.65. The van der Waals surface area contributed by atoms with Crippen LogP contribution < -0.4 is 5.73 Å². The minimum Gasteiger partial charge on any atom is -0.338 e. The second-order valence-electron chi connectivity index (χ2n) is 3.65. The van der Waals surface area contributed by atoms with Gasteiger partial charge in [-0.2, -0.15) is 4.98 Å². The van der Waals surface area contributed by atoms with Crippen molar-refractivity contribution >= 4 is 0 Å². The third-order valence-electron chi connectivity index (χ3n) is 2.50. The fraction of sp³-hybridized carbons (Fsp3) is 0.778. The summed E-state index contributed by atoms with van der Waals surface area (Å²) in [5, 5.41) is 3.87. The Kier molecular flexibility index (Phi) is 3.10. The highest BCUT2D eigenvalue weighted by molar-refractivity contribution is 4.86. The highest BCUT2D eigenvalue weighted by Gasteiger charge is 2.13. The van der Waals surface area contributed by atoms with E-state index in [1.165, 1.54) is 19.3 Å². The molecule has 1 saturated heterocycles. The molecule has 0 bridgehead atoms. The van der Waals surface area contributed by atoms with Crippen molar-refractivity contribution < 1.29 is 4.52 Å². The summed E-state index contributed by atoms with van der Waals surface area (Å²) in [6.45, 7) is 3.41. The molecule has 5 nitrogen and oxygen atoms in total. The van der Waals surface area contributed by atoms with Gasteiger partial charge in [0, 0.05) is 0 Å². The van der Waals surface area contributed by atoms with Crippen LogP contribution in [-0.4, -0.2) is 28.1 Å². The Balaban J connectivity index is 1.89. The Morgan fingerprint density at radius 2 is 2.07 bits per heavy atom. The Labute approximate surface area is 83.3 Å². The van der Waals surface area contributed by atoms with Crippen LogP contribution in [0.1, 0.15) is 31.0 Å². The van der Waals surface area contributed by atoms with Crippen LogP contribution in [-0.2, 0) is 13.1 Å². The van der Waals surface area contributed by atoms with Crippen molar-refractivity contribution in [2.45, 2.75) is 32.4 Å². The predicted molar refractivity (Wildman–Crippen MR) is 51.3 cm³/mol. The molecule has 1 aliphatic heterocycles. The third kappa shape index (κ3) is 2.30. The van der Waals surface area contributed by atoms with Crippen LogP contribution in [0.25, 0.3) is 0 Å². The van der Waals surface area contributed by atoms with Crippen molar-refractivity contribution in [3.05, 3.63) is 11.7 Å². The van der Waals surface area contributed by atoms with Crippen LogP contribution in [0.3, 0.4) is 0 Å². The average molecular weight is 196 g/mol. The van der Waals surface area contributed by atoms with E-state index in [1.54, 1.807) is 0 Å². The van der Waals surface area contributed by atoms with Gasteiger partial charge in [-0.05, 0) is 25.9 Å². The number of piperidine rings is 1. The quantitative estimate of drug-likeness (QED) is 0.763. The summed E-state index contributed by atoms with van der Waals surface area (Å²) in [5.41, 5.74) is 5.39. The lowest BCUT2D eigenvalue weighted by molar-refractivity contribution is 0.213. The molecule has 2 heterocycles. The number of hydrogen-bond acceptors (Lipinski definition) is 5. The third-order valence-corrected chi connectivity index (χ3v) is 2.50. The van der Waals surface area contributed by atoms with Crippen molar-refractivity contribution in [1.82, 2.24) is 15.0 Å². The minimum atomic E-state index is 0.326. The second kappa shape index (κ2) is 4.52. The van der Waals surface area contributed by atoms with Gasteiger partial charge in [0.2, 0.25) is 5.89 Å². The van der Waals surface area contributed by atoms with Crippen LogP contribution >= 0.6 is 0 Å². The molecule has 0 atom stereocenters. The molecule has 1 fully saturated rings. The van der Waals surface area contributed by atoms with Crippen molar-refractivity contribution in [3.63, 3.8) is 0 Å². The maximum absolute atomic E-state index is 5.39. The molecule has 5 heteroatoms. The van der Waals surface area contributed by atoms with Crippen LogP contribution in [0.2, 0.25) is 0 Å². The number of hydrogen-bond donors (Lipinski definition) is 1. The summed E-state index contributed by atoms with van der Waals surface area (Å²) in [4.78, 5) is 6.53. The lowest BCUT2D eigenvalue weighted by Crippen LogP contribution is -2.29. The van der Waals surface area contributed by atoms with E-state index in [0.29, 0.717) is 12.4 Å². The van der Waals surface area contributed by atoms with Gasteiger partial charge >= 0.3 is 0 Å². The molecule has 0 saturated carbocycles. The highest BCUT2D eigenvalue weighted by atomic mass is 16.5. The van der Waals surface area contributed by atoms with Gasteiger partial charge in [-0.15, -0.1) is 0 Å². The van der Waals surface area contributed by atoms with Crippen LogP contribution in [0.4, 0.5) is 0 Å². The van der Waals surface area contributed by atoms with Crippen molar-refractivity contribution in [1.29, 1.82) is 0 Å². The highest BCUT2D eigenvalue weighted by Crippen LogP contribution is 2.11. The van der Waals surface area contributed by atoms with Gasteiger partial charge in [-0.25, -0.2) is 0 Å². The molecule has 0 aromatic carbocycles. The van der Waals surface area contributed by atoms with E-state index in [2.05, 4.69) is 15.0 Å². The molecule has 2 N–H and O–H groups in total. The molecule has 14 heavy (non-hydrogen) atoms. The van der Waals surface area contributed by atoms with Gasteiger partial charge in [0.25, 0.3) is 0 Å². The first-order valence-corrected chi connectivity index (χ1v) is 5.12. The fourth-order valence-corrected chi connectivity index (χ4v) is 1.75. The van der Waals surface area contributed by atoms with E-state index in [1.807, 2.05) is 0 Å². The van der Waals surface area contributed by atoms with E-state index in [0.717, 1.165) is 25.5 Å². The van der Waals surface area contributed by atoms with Crippen LogP contribution in [0, 0.1) is 0 Å². The van der Waals surface area contributed by atoms with E-state index < -0.39 is 0 Å². The Morgan fingerprint density at radius 1 is 1.29 bits per heavy atom. The number of aromatic nitrogens is 2. The maximum atomic E-state index is 5.39. The minimum absolute atomic E-state index is 0.326. The SMILES string of the molecule is NCc1nc(CN2CCCCC2)no1. The zero-order valence-corrected chi connectivity index (χ0v) is 8.28. The average Bonchev–Trinajstić information content (AvgIpc) is 2.67. The van der Waals surface area contributed by atoms with Gasteiger partial charge in [-0.3, -0.25) is 4.90 Å². The van der Waals surface area contributed by atoms with Crippen molar-refractivity contribution in [2.24, 2.45) is 5.73 Å². The Hall–Kier alpha value is -0.940. The lowest BCUT2D eigenvalue weighted by atomic mass is 10.1. The maximum Gasteiger partial charge on any atom is 0.240 e. The zero-order valence-electron chi connectivity index (χ0n) is 8.28. The van der Waals surface area contributed by atoms with Gasteiger partial charge in [-0.1, -0.05) is 11.6 Å². The van der Waals surface area contributed by atoms with E-state index in [4.69, 9.17) is 10.3 Å². The molecule has 0 aliphatic carbocycles. The summed E-state index contributed by atoms with van der Waals surface area (Å²) in [7, 11) is 0. The van der Waals surface area contributed by atoms with Crippen LogP contribution in [0.15, 0.2) is 4.52 Å². The number of rotatable bonds is 3. The topological polar surface area (TPSA) is 68.2 Å². The number of likely N-dealkylation sites (tertiary alicyclic amines) is 1. The fourth-order valence-electron chi connectivity index (χ4n) is 1.75. The van der Waals surface area contributed by atoms with Gasteiger partial charge in [0.05, 0.1) is 13.1 Å². The first-order chi connectivity index (χ1) is 6.88. The van der Waals surface area contributed by atoms with E-state index in [-0.39, 0.29) is 0 Å². The zero-order chi connectivity index (χ0) is 9.80. The summed E-state index contributed by atoms with van der Waals surface area (Å²) >= 11 is 0. The van der Waals surface area contributed by atoms with Crippen molar-refractivity contribution in [2.75, 3.05) is 13.1 Å². The predicted octanol–water partition coefficient (Wildman–Crippen LogP) is 0.514. The van der Waals surface area contributed by atoms with Crippen LogP contribution in [0.5, 0.6) is 0 Å². The van der Waals surface area contributed by atoms with Crippen molar-refractivity contribution in [3.8, 4) is 0 Å². The molecule has 0 spiro atoms. The molecule has 1 aliphatic rings. The molecule has 1 aromatic rings. The summed E-state index contributed by atoms with van der Waals surface area (Å²) in [5.74, 6) is 1.28. The largest absolute Gasteiger partial charge is 0.338 e. The molecule has 0 amide bonds. The summed E-state index contributed by atoms with van der Waals surface area (Å²) in [6.07, 6.45) is 3.90. The Bertz CT molecular complexity index is 280. The molecule has 78 valence electrons. The standard InChI is InChI=1S/C9H16N4O/c10-6-9-11-8(12-14-9)7-13-4-2-1-3-5-13/h1-7,10H2. The van der Waals surface area contributed by atoms with E-state index >= 15 is 0 Å². The Morgan fingerprint density at radius 3 is 2.71 bits per heavy atom.